The zero-order chi connectivity index (χ0) is 23.2. The fraction of sp³-hybridized carbons (Fsp3) is 0.846. The zero-order valence-electron chi connectivity index (χ0n) is 20.5. The van der Waals surface area contributed by atoms with Crippen LogP contribution in [0.4, 0.5) is 0 Å². The van der Waals surface area contributed by atoms with Crippen molar-refractivity contribution in [1.29, 1.82) is 0 Å². The molecule has 4 aliphatic rings. The van der Waals surface area contributed by atoms with E-state index < -0.39 is 11.7 Å². The summed E-state index contributed by atoms with van der Waals surface area (Å²) >= 11 is 0. The van der Waals surface area contributed by atoms with Crippen molar-refractivity contribution in [3.63, 3.8) is 0 Å². The van der Waals surface area contributed by atoms with Gasteiger partial charge in [0.1, 0.15) is 17.8 Å². The summed E-state index contributed by atoms with van der Waals surface area (Å²) in [6.07, 6.45) is 5.02. The highest BCUT2D eigenvalue weighted by atomic mass is 16.6. The van der Waals surface area contributed by atoms with E-state index in [1.54, 1.807) is 0 Å². The van der Waals surface area contributed by atoms with Gasteiger partial charge in [-0.3, -0.25) is 9.59 Å². The van der Waals surface area contributed by atoms with E-state index in [1.807, 2.05) is 6.92 Å². The maximum atomic E-state index is 12.6. The average Bonchev–Trinajstić information content (AvgIpc) is 3.07. The second-order valence-corrected chi connectivity index (χ2v) is 10.9. The standard InChI is InChI=1S/C26H40O6/c1-7-8-21(28)32-24-15(3)12-18-16(4)13-29-26(6)20(30-17(5)27)10-9-14(2)11-19-23(24)22(18)25(26)31-19/h9,15-16,18-20,22-25H,7-8,10-13H2,1-6H3/b14-9-/t15-,16+,18+,19+,20-,22+,23+,24-,25+,26+/m1/s1. The third-order valence-corrected chi connectivity index (χ3v) is 8.45. The highest BCUT2D eigenvalue weighted by molar-refractivity contribution is 5.69. The minimum absolute atomic E-state index is 0.0322. The second-order valence-electron chi connectivity index (χ2n) is 10.9. The van der Waals surface area contributed by atoms with Crippen molar-refractivity contribution in [1.82, 2.24) is 0 Å². The van der Waals surface area contributed by atoms with Crippen molar-refractivity contribution in [2.75, 3.05) is 6.61 Å². The fourth-order valence-electron chi connectivity index (χ4n) is 6.88. The first-order chi connectivity index (χ1) is 15.2. The molecule has 3 fully saturated rings. The predicted octanol–water partition coefficient (Wildman–Crippen LogP) is 4.45. The molecular weight excluding hydrogens is 408 g/mol. The van der Waals surface area contributed by atoms with Gasteiger partial charge in [-0.25, -0.2) is 0 Å². The molecule has 0 aromatic carbocycles. The van der Waals surface area contributed by atoms with Crippen molar-refractivity contribution in [2.45, 2.75) is 104 Å². The first kappa shape index (κ1) is 23.7. The molecule has 2 saturated heterocycles. The van der Waals surface area contributed by atoms with Crippen LogP contribution in [-0.4, -0.2) is 48.6 Å². The Morgan fingerprint density at radius 1 is 1.19 bits per heavy atom. The van der Waals surface area contributed by atoms with Gasteiger partial charge >= 0.3 is 11.9 Å². The zero-order valence-corrected chi connectivity index (χ0v) is 20.5. The van der Waals surface area contributed by atoms with E-state index in [-0.39, 0.29) is 48.0 Å². The topological polar surface area (TPSA) is 71.1 Å². The minimum Gasteiger partial charge on any atom is -0.462 e. The van der Waals surface area contributed by atoms with Gasteiger partial charge in [-0.2, -0.15) is 0 Å². The molecule has 180 valence electrons. The van der Waals surface area contributed by atoms with Gasteiger partial charge in [0.25, 0.3) is 0 Å². The molecule has 0 aromatic heterocycles. The summed E-state index contributed by atoms with van der Waals surface area (Å²) in [4.78, 5) is 24.6. The smallest absolute Gasteiger partial charge is 0.306 e. The van der Waals surface area contributed by atoms with Crippen molar-refractivity contribution in [2.24, 2.45) is 29.6 Å². The number of hydrogen-bond acceptors (Lipinski definition) is 6. The molecule has 0 aromatic rings. The van der Waals surface area contributed by atoms with E-state index in [0.717, 1.165) is 19.3 Å². The highest BCUT2D eigenvalue weighted by Crippen LogP contribution is 2.57. The predicted molar refractivity (Wildman–Crippen MR) is 120 cm³/mol. The Hall–Kier alpha value is -1.40. The number of ether oxygens (including phenoxy) is 4. The quantitative estimate of drug-likeness (QED) is 0.467. The molecular formula is C26H40O6. The third kappa shape index (κ3) is 4.13. The van der Waals surface area contributed by atoms with Crippen LogP contribution in [-0.2, 0) is 28.5 Å². The van der Waals surface area contributed by atoms with E-state index in [4.69, 9.17) is 18.9 Å². The van der Waals surface area contributed by atoms with E-state index in [1.165, 1.54) is 12.5 Å². The third-order valence-electron chi connectivity index (χ3n) is 8.45. The van der Waals surface area contributed by atoms with Gasteiger partial charge in [-0.05, 0) is 50.9 Å². The van der Waals surface area contributed by atoms with Gasteiger partial charge in [-0.1, -0.05) is 32.4 Å². The summed E-state index contributed by atoms with van der Waals surface area (Å²) < 4.78 is 25.5. The summed E-state index contributed by atoms with van der Waals surface area (Å²) in [5, 5.41) is 0. The molecule has 1 saturated carbocycles. The Bertz CT molecular complexity index is 761. The second kappa shape index (κ2) is 9.09. The maximum absolute atomic E-state index is 12.6. The molecule has 0 spiro atoms. The van der Waals surface area contributed by atoms with Crippen LogP contribution in [0.25, 0.3) is 0 Å². The van der Waals surface area contributed by atoms with Gasteiger partial charge in [0, 0.05) is 31.6 Å². The fourth-order valence-corrected chi connectivity index (χ4v) is 6.88. The van der Waals surface area contributed by atoms with Crippen LogP contribution in [0.2, 0.25) is 0 Å². The Balaban J connectivity index is 1.78. The summed E-state index contributed by atoms with van der Waals surface area (Å²) in [6.45, 7) is 12.7. The van der Waals surface area contributed by atoms with E-state index in [0.29, 0.717) is 31.3 Å². The number of hydrogen-bond donors (Lipinski definition) is 0. The lowest BCUT2D eigenvalue weighted by atomic mass is 9.59. The summed E-state index contributed by atoms with van der Waals surface area (Å²) in [5.41, 5.74) is 0.475. The molecule has 3 heterocycles. The van der Waals surface area contributed by atoms with E-state index in [9.17, 15) is 9.59 Å². The maximum Gasteiger partial charge on any atom is 0.306 e. The molecule has 10 atom stereocenters. The molecule has 1 aliphatic carbocycles. The molecule has 3 aliphatic heterocycles. The minimum atomic E-state index is -0.744. The van der Waals surface area contributed by atoms with Gasteiger partial charge in [0.2, 0.25) is 0 Å². The number of rotatable bonds is 4. The van der Waals surface area contributed by atoms with Crippen LogP contribution in [0.5, 0.6) is 0 Å². The van der Waals surface area contributed by atoms with Crippen LogP contribution < -0.4 is 0 Å². The van der Waals surface area contributed by atoms with Crippen LogP contribution in [0.15, 0.2) is 11.6 Å². The Labute approximate surface area is 192 Å². The molecule has 6 heteroatoms. The van der Waals surface area contributed by atoms with Crippen LogP contribution in [0, 0.1) is 29.6 Å². The van der Waals surface area contributed by atoms with Crippen molar-refractivity contribution >= 4 is 11.9 Å². The van der Waals surface area contributed by atoms with Gasteiger partial charge in [0.05, 0.1) is 18.8 Å². The van der Waals surface area contributed by atoms with Gasteiger partial charge in [0.15, 0.2) is 0 Å². The molecule has 32 heavy (non-hydrogen) atoms. The van der Waals surface area contributed by atoms with Crippen molar-refractivity contribution in [3.8, 4) is 0 Å². The number of fused-ring (bicyclic) bond motifs is 2. The largest absolute Gasteiger partial charge is 0.462 e. The monoisotopic (exact) mass is 448 g/mol. The van der Waals surface area contributed by atoms with E-state index in [2.05, 4.69) is 33.8 Å². The molecule has 4 rings (SSSR count). The summed E-state index contributed by atoms with van der Waals surface area (Å²) in [6, 6.07) is 0. The first-order valence-electron chi connectivity index (χ1n) is 12.5. The molecule has 0 unspecified atom stereocenters. The lowest BCUT2D eigenvalue weighted by Gasteiger charge is -2.47. The van der Waals surface area contributed by atoms with Crippen molar-refractivity contribution in [3.05, 3.63) is 11.6 Å². The SMILES string of the molecule is CCCC(=O)O[C@H]1[C@@H]2[C@@H]3[C@@H](C[C@H]1C)[C@@H](C)CO[C@@]1(C)[C@H](OC(C)=O)C/C=C(/C)C[C@@H]2O[C@@H]31. The summed E-state index contributed by atoms with van der Waals surface area (Å²) in [7, 11) is 0. The molecule has 6 nitrogen and oxygen atoms in total. The lowest BCUT2D eigenvalue weighted by molar-refractivity contribution is -0.200. The Morgan fingerprint density at radius 2 is 1.94 bits per heavy atom. The van der Waals surface area contributed by atoms with Crippen LogP contribution >= 0.6 is 0 Å². The van der Waals surface area contributed by atoms with E-state index >= 15 is 0 Å². The molecule has 0 radical (unpaired) electrons. The number of carbonyl (C=O) groups is 2. The number of carbonyl (C=O) groups excluding carboxylic acids is 2. The van der Waals surface area contributed by atoms with Crippen molar-refractivity contribution < 1.29 is 28.5 Å². The highest BCUT2D eigenvalue weighted by Gasteiger charge is 2.65. The molecule has 2 bridgehead atoms. The molecule has 0 N–H and O–H groups in total. The van der Waals surface area contributed by atoms with Crippen LogP contribution in [0.1, 0.15) is 73.6 Å². The van der Waals surface area contributed by atoms with Gasteiger partial charge in [-0.15, -0.1) is 0 Å². The van der Waals surface area contributed by atoms with Crippen LogP contribution in [0.3, 0.4) is 0 Å². The van der Waals surface area contributed by atoms with Gasteiger partial charge < -0.3 is 18.9 Å². The Kier molecular flexibility index (Phi) is 6.75. The Morgan fingerprint density at radius 3 is 2.62 bits per heavy atom. The molecule has 0 amide bonds. The first-order valence-corrected chi connectivity index (χ1v) is 12.5. The summed E-state index contributed by atoms with van der Waals surface area (Å²) in [5.74, 6) is 0.984. The lowest BCUT2D eigenvalue weighted by Crippen LogP contribution is -2.57. The average molecular weight is 449 g/mol. The normalized spacial score (nSPS) is 47.2. The number of esters is 2.